The maximum absolute atomic E-state index is 12.7. The Labute approximate surface area is 130 Å². The van der Waals surface area contributed by atoms with E-state index in [0.29, 0.717) is 14.6 Å². The average molecular weight is 336 g/mol. The van der Waals surface area contributed by atoms with Crippen molar-refractivity contribution in [3.8, 4) is 0 Å². The fourth-order valence-corrected chi connectivity index (χ4v) is 3.85. The minimum absolute atomic E-state index is 0.0265. The van der Waals surface area contributed by atoms with Crippen LogP contribution in [0.25, 0.3) is 5.65 Å². The van der Waals surface area contributed by atoms with Crippen molar-refractivity contribution in [1.29, 1.82) is 0 Å². The van der Waals surface area contributed by atoms with Crippen LogP contribution < -0.4 is 5.69 Å². The van der Waals surface area contributed by atoms with Gasteiger partial charge in [-0.25, -0.2) is 18.2 Å². The van der Waals surface area contributed by atoms with E-state index in [4.69, 9.17) is 0 Å². The molecule has 0 radical (unpaired) electrons. The van der Waals surface area contributed by atoms with Gasteiger partial charge in [0.25, 0.3) is 10.0 Å². The van der Waals surface area contributed by atoms with Crippen LogP contribution in [0.2, 0.25) is 0 Å². The van der Waals surface area contributed by atoms with Gasteiger partial charge in [-0.1, -0.05) is 18.2 Å². The molecule has 7 nitrogen and oxygen atoms in total. The maximum Gasteiger partial charge on any atom is 0.366 e. The summed E-state index contributed by atoms with van der Waals surface area (Å²) in [6.07, 6.45) is 1.81. The second-order valence-electron chi connectivity index (χ2n) is 4.48. The predicted octanol–water partition coefficient (Wildman–Crippen LogP) is 1.16. The normalized spacial score (nSPS) is 11.9. The van der Waals surface area contributed by atoms with Crippen LogP contribution in [0.1, 0.15) is 5.82 Å². The monoisotopic (exact) mass is 336 g/mol. The molecule has 22 heavy (non-hydrogen) atoms. The first kappa shape index (κ1) is 14.8. The third-order valence-electron chi connectivity index (χ3n) is 3.08. The fourth-order valence-electron chi connectivity index (χ4n) is 2.08. The number of hydrogen-bond donors (Lipinski definition) is 0. The molecule has 2 heterocycles. The first-order chi connectivity index (χ1) is 10.4. The molecule has 1 aromatic carbocycles. The van der Waals surface area contributed by atoms with Gasteiger partial charge in [0.1, 0.15) is 10.9 Å². The van der Waals surface area contributed by atoms with Crippen LogP contribution in [-0.4, -0.2) is 33.2 Å². The van der Waals surface area contributed by atoms with Crippen molar-refractivity contribution in [2.24, 2.45) is 0 Å². The molecule has 2 aromatic heterocycles. The second-order valence-corrected chi connectivity index (χ2v) is 7.09. The first-order valence-corrected chi connectivity index (χ1v) is 8.95. The van der Waals surface area contributed by atoms with Gasteiger partial charge in [-0.3, -0.25) is 0 Å². The van der Waals surface area contributed by atoms with E-state index in [1.165, 1.54) is 30.8 Å². The molecule has 0 bridgehead atoms. The van der Waals surface area contributed by atoms with Gasteiger partial charge >= 0.3 is 5.69 Å². The quantitative estimate of drug-likeness (QED) is 0.667. The largest absolute Gasteiger partial charge is 0.366 e. The van der Waals surface area contributed by atoms with Crippen molar-refractivity contribution in [1.82, 2.24) is 18.6 Å². The standard InChI is InChI=1S/C13H12N4O3S2/c1-9-14-11-8-12(21-2)15-16(11)13(18)17(9)22(19,20)10-6-4-3-5-7-10/h3-8H,1-2H3. The van der Waals surface area contributed by atoms with Crippen LogP contribution in [0.4, 0.5) is 0 Å². The second kappa shape index (κ2) is 5.25. The lowest BCUT2D eigenvalue weighted by molar-refractivity contribution is 0.577. The van der Waals surface area contributed by atoms with E-state index in [-0.39, 0.29) is 10.7 Å². The van der Waals surface area contributed by atoms with E-state index in [1.807, 2.05) is 6.26 Å². The number of fused-ring (bicyclic) bond motifs is 1. The van der Waals surface area contributed by atoms with E-state index in [1.54, 1.807) is 24.3 Å². The molecule has 0 aliphatic rings. The highest BCUT2D eigenvalue weighted by Gasteiger charge is 2.23. The van der Waals surface area contributed by atoms with Crippen molar-refractivity contribution in [2.75, 3.05) is 6.26 Å². The molecule has 0 N–H and O–H groups in total. The molecule has 0 saturated carbocycles. The zero-order valence-corrected chi connectivity index (χ0v) is 13.4. The number of nitrogens with zero attached hydrogens (tertiary/aromatic N) is 4. The molecular weight excluding hydrogens is 324 g/mol. The summed E-state index contributed by atoms with van der Waals surface area (Å²) in [5.74, 6) is 0.0916. The van der Waals surface area contributed by atoms with Crippen molar-refractivity contribution in [3.63, 3.8) is 0 Å². The summed E-state index contributed by atoms with van der Waals surface area (Å²) < 4.78 is 27.0. The fraction of sp³-hybridized carbons (Fsp3) is 0.154. The van der Waals surface area contributed by atoms with Gasteiger partial charge in [0.05, 0.1) is 4.90 Å². The third kappa shape index (κ3) is 2.22. The van der Waals surface area contributed by atoms with Gasteiger partial charge in [-0.05, 0) is 25.3 Å². The SMILES string of the molecule is CSc1cc2nc(C)n(S(=O)(=O)c3ccccc3)c(=O)n2n1. The van der Waals surface area contributed by atoms with Crippen LogP contribution >= 0.6 is 11.8 Å². The number of aryl methyl sites for hydroxylation is 1. The zero-order chi connectivity index (χ0) is 15.9. The van der Waals surface area contributed by atoms with Gasteiger partial charge in [-0.15, -0.1) is 11.8 Å². The molecule has 0 aliphatic heterocycles. The topological polar surface area (TPSA) is 86.3 Å². The number of rotatable bonds is 3. The van der Waals surface area contributed by atoms with Crippen molar-refractivity contribution >= 4 is 27.4 Å². The Morgan fingerprint density at radius 1 is 1.18 bits per heavy atom. The highest BCUT2D eigenvalue weighted by molar-refractivity contribution is 7.98. The van der Waals surface area contributed by atoms with Crippen molar-refractivity contribution < 1.29 is 8.42 Å². The summed E-state index contributed by atoms with van der Waals surface area (Å²) in [5, 5.41) is 4.66. The number of thioether (sulfide) groups is 1. The summed E-state index contributed by atoms with van der Waals surface area (Å²) in [7, 11) is -4.02. The Morgan fingerprint density at radius 2 is 1.86 bits per heavy atom. The van der Waals surface area contributed by atoms with Gasteiger partial charge in [0.2, 0.25) is 0 Å². The summed E-state index contributed by atoms with van der Waals surface area (Å²) in [4.78, 5) is 16.7. The lowest BCUT2D eigenvalue weighted by Crippen LogP contribution is -2.35. The zero-order valence-electron chi connectivity index (χ0n) is 11.8. The highest BCUT2D eigenvalue weighted by Crippen LogP contribution is 2.15. The maximum atomic E-state index is 12.7. The van der Waals surface area contributed by atoms with Gasteiger partial charge in [0.15, 0.2) is 5.65 Å². The lowest BCUT2D eigenvalue weighted by Gasteiger charge is -2.10. The Kier molecular flexibility index (Phi) is 3.53. The van der Waals surface area contributed by atoms with E-state index >= 15 is 0 Å². The summed E-state index contributed by atoms with van der Waals surface area (Å²) >= 11 is 1.35. The van der Waals surface area contributed by atoms with E-state index in [2.05, 4.69) is 10.1 Å². The Balaban J connectivity index is 2.34. The van der Waals surface area contributed by atoms with Gasteiger partial charge < -0.3 is 0 Å². The van der Waals surface area contributed by atoms with E-state index < -0.39 is 15.7 Å². The molecule has 0 aliphatic carbocycles. The molecule has 114 valence electrons. The number of hydrogen-bond acceptors (Lipinski definition) is 6. The summed E-state index contributed by atoms with van der Waals surface area (Å²) in [6, 6.07) is 9.40. The third-order valence-corrected chi connectivity index (χ3v) is 5.47. The molecule has 0 amide bonds. The van der Waals surface area contributed by atoms with E-state index in [9.17, 15) is 13.2 Å². The average Bonchev–Trinajstić information content (AvgIpc) is 2.91. The Morgan fingerprint density at radius 3 is 2.50 bits per heavy atom. The molecule has 0 unspecified atom stereocenters. The highest BCUT2D eigenvalue weighted by atomic mass is 32.2. The van der Waals surface area contributed by atoms with Crippen LogP contribution in [0.5, 0.6) is 0 Å². The Hall–Kier alpha value is -2.13. The van der Waals surface area contributed by atoms with Crippen LogP contribution in [0.3, 0.4) is 0 Å². The van der Waals surface area contributed by atoms with Crippen LogP contribution in [0.15, 0.2) is 51.1 Å². The Bertz CT molecular complexity index is 1010. The van der Waals surface area contributed by atoms with Gasteiger partial charge in [-0.2, -0.15) is 13.6 Å². The van der Waals surface area contributed by atoms with Crippen LogP contribution in [-0.2, 0) is 10.0 Å². The molecule has 0 saturated heterocycles. The molecule has 0 atom stereocenters. The number of aromatic nitrogens is 4. The summed E-state index contributed by atoms with van der Waals surface area (Å²) in [6.45, 7) is 1.48. The minimum Gasteiger partial charge on any atom is -0.244 e. The van der Waals surface area contributed by atoms with Gasteiger partial charge in [0, 0.05) is 6.07 Å². The smallest absolute Gasteiger partial charge is 0.244 e. The molecule has 3 rings (SSSR count). The molecule has 3 aromatic rings. The van der Waals surface area contributed by atoms with E-state index in [0.717, 1.165) is 4.52 Å². The number of benzene rings is 1. The minimum atomic E-state index is -4.02. The molecule has 9 heteroatoms. The van der Waals surface area contributed by atoms with Crippen LogP contribution in [0, 0.1) is 6.92 Å². The molecule has 0 fully saturated rings. The first-order valence-electron chi connectivity index (χ1n) is 6.29. The predicted molar refractivity (Wildman–Crippen MR) is 82.8 cm³/mol. The van der Waals surface area contributed by atoms with Crippen molar-refractivity contribution in [2.45, 2.75) is 16.8 Å². The van der Waals surface area contributed by atoms with Crippen molar-refractivity contribution in [3.05, 3.63) is 52.7 Å². The molecule has 0 spiro atoms. The summed E-state index contributed by atoms with van der Waals surface area (Å²) in [5.41, 5.74) is -0.432. The molecular formula is C13H12N4O3S2. The lowest BCUT2D eigenvalue weighted by atomic mass is 10.4.